The van der Waals surface area contributed by atoms with Crippen LogP contribution in [-0.2, 0) is 9.53 Å². The number of allylic oxidation sites excluding steroid dienone is 1. The number of esters is 1. The molecule has 0 fully saturated rings. The van der Waals surface area contributed by atoms with Gasteiger partial charge in [-0.15, -0.1) is 0 Å². The highest BCUT2D eigenvalue weighted by molar-refractivity contribution is 7.07. The Morgan fingerprint density at radius 2 is 1.94 bits per heavy atom. The third-order valence-electron chi connectivity index (χ3n) is 5.69. The molecule has 0 saturated carbocycles. The third-order valence-corrected chi connectivity index (χ3v) is 6.67. The Bertz CT molecular complexity index is 1560. The van der Waals surface area contributed by atoms with Gasteiger partial charge in [-0.1, -0.05) is 47.2 Å². The number of thiazole rings is 1. The van der Waals surface area contributed by atoms with Gasteiger partial charge >= 0.3 is 5.97 Å². The first-order valence-corrected chi connectivity index (χ1v) is 12.1. The molecule has 1 aromatic heterocycles. The molecule has 1 aliphatic heterocycles. The van der Waals surface area contributed by atoms with Crippen LogP contribution in [0.5, 0.6) is 11.5 Å². The van der Waals surface area contributed by atoms with Gasteiger partial charge in [0.05, 0.1) is 35.6 Å². The molecule has 1 aliphatic rings. The fourth-order valence-corrected chi connectivity index (χ4v) is 5.06. The van der Waals surface area contributed by atoms with Crippen LogP contribution in [0.25, 0.3) is 6.08 Å². The Morgan fingerprint density at radius 1 is 1.19 bits per heavy atom. The number of hydrogen-bond donors (Lipinski definition) is 0. The van der Waals surface area contributed by atoms with E-state index in [1.165, 1.54) is 18.4 Å². The minimum absolute atomic E-state index is 0.102. The normalized spacial score (nSPS) is 15.1. The van der Waals surface area contributed by atoms with Crippen molar-refractivity contribution in [3.05, 3.63) is 90.1 Å². The number of carbonyl (C=O) groups excluding carboxylic acids is 1. The van der Waals surface area contributed by atoms with Crippen molar-refractivity contribution in [3.63, 3.8) is 0 Å². The van der Waals surface area contributed by atoms with E-state index in [1.807, 2.05) is 37.3 Å². The highest BCUT2D eigenvalue weighted by Gasteiger charge is 2.33. The van der Waals surface area contributed by atoms with Crippen LogP contribution < -0.4 is 24.4 Å². The summed E-state index contributed by atoms with van der Waals surface area (Å²) in [5.41, 5.74) is 3.19. The second-order valence-electron chi connectivity index (χ2n) is 8.07. The molecule has 0 spiro atoms. The lowest BCUT2D eigenvalue weighted by molar-refractivity contribution is -0.139. The zero-order valence-corrected chi connectivity index (χ0v) is 21.2. The maximum Gasteiger partial charge on any atom is 0.338 e. The Balaban J connectivity index is 1.87. The number of hydrogen-bond acceptors (Lipinski definition) is 8. The van der Waals surface area contributed by atoms with Crippen molar-refractivity contribution in [2.75, 3.05) is 20.3 Å². The molecule has 0 radical (unpaired) electrons. The summed E-state index contributed by atoms with van der Waals surface area (Å²) in [5.74, 6) is 0.396. The topological polar surface area (TPSA) is 103 Å². The number of fused-ring (bicyclic) bond motifs is 1. The lowest BCUT2D eigenvalue weighted by Gasteiger charge is -2.24. The SMILES string of the molecule is CCOC(=O)C1=C(C)N=c2s/c(=C/c3ccc(OCC#N)c(OC)c3)c(=O)n2[C@@H]1c1ccc(C)cc1. The predicted octanol–water partition coefficient (Wildman–Crippen LogP) is 3.02. The van der Waals surface area contributed by atoms with Crippen LogP contribution in [0.1, 0.15) is 36.6 Å². The number of aromatic nitrogens is 1. The second kappa shape index (κ2) is 10.6. The third kappa shape index (κ3) is 4.81. The molecule has 184 valence electrons. The van der Waals surface area contributed by atoms with Crippen LogP contribution >= 0.6 is 11.3 Å². The fraction of sp³-hybridized carbons (Fsp3) is 0.259. The molecule has 3 aromatic rings. The first-order chi connectivity index (χ1) is 17.4. The van der Waals surface area contributed by atoms with E-state index in [2.05, 4.69) is 4.99 Å². The van der Waals surface area contributed by atoms with Crippen LogP contribution in [0.2, 0.25) is 0 Å². The van der Waals surface area contributed by atoms with E-state index < -0.39 is 12.0 Å². The minimum Gasteiger partial charge on any atom is -0.493 e. The molecule has 9 heteroatoms. The van der Waals surface area contributed by atoms with Gasteiger partial charge in [0.1, 0.15) is 6.07 Å². The van der Waals surface area contributed by atoms with Gasteiger partial charge in [0.2, 0.25) is 0 Å². The smallest absolute Gasteiger partial charge is 0.338 e. The van der Waals surface area contributed by atoms with Gasteiger partial charge in [-0.25, -0.2) is 9.79 Å². The van der Waals surface area contributed by atoms with E-state index in [0.29, 0.717) is 32.1 Å². The lowest BCUT2D eigenvalue weighted by Crippen LogP contribution is -2.39. The summed E-state index contributed by atoms with van der Waals surface area (Å²) in [5, 5.41) is 8.77. The van der Waals surface area contributed by atoms with Crippen molar-refractivity contribution in [1.29, 1.82) is 5.26 Å². The number of ether oxygens (including phenoxy) is 3. The summed E-state index contributed by atoms with van der Waals surface area (Å²) in [7, 11) is 1.51. The summed E-state index contributed by atoms with van der Waals surface area (Å²) in [6, 6.07) is 14.2. The fourth-order valence-electron chi connectivity index (χ4n) is 4.01. The molecular formula is C27H25N3O5S. The zero-order valence-electron chi connectivity index (χ0n) is 20.4. The molecule has 36 heavy (non-hydrogen) atoms. The molecule has 1 atom stereocenters. The lowest BCUT2D eigenvalue weighted by atomic mass is 9.95. The summed E-state index contributed by atoms with van der Waals surface area (Å²) in [4.78, 5) is 31.7. The first-order valence-electron chi connectivity index (χ1n) is 11.3. The standard InChI is InChI=1S/C27H25N3O5S/c1-5-34-26(32)23-17(3)29-27-30(24(23)19-9-6-16(2)7-10-19)25(31)22(36-27)15-18-8-11-20(35-13-12-28)21(14-18)33-4/h6-11,14-15,24H,5,13H2,1-4H3/b22-15+/t24-/m1/s1. The van der Waals surface area contributed by atoms with Crippen LogP contribution in [0.15, 0.2) is 63.5 Å². The van der Waals surface area contributed by atoms with E-state index in [1.54, 1.807) is 42.7 Å². The van der Waals surface area contributed by atoms with Crippen molar-refractivity contribution in [2.45, 2.75) is 26.8 Å². The highest BCUT2D eigenvalue weighted by atomic mass is 32.1. The molecular weight excluding hydrogens is 478 g/mol. The first kappa shape index (κ1) is 24.9. The van der Waals surface area contributed by atoms with E-state index in [4.69, 9.17) is 19.5 Å². The number of nitrogens with zero attached hydrogens (tertiary/aromatic N) is 3. The number of nitriles is 1. The molecule has 8 nitrogen and oxygen atoms in total. The molecule has 4 rings (SSSR count). The zero-order chi connectivity index (χ0) is 25.8. The summed E-state index contributed by atoms with van der Waals surface area (Å²) >= 11 is 1.25. The van der Waals surface area contributed by atoms with Crippen molar-refractivity contribution < 1.29 is 19.0 Å². The average molecular weight is 504 g/mol. The van der Waals surface area contributed by atoms with Crippen molar-refractivity contribution in [3.8, 4) is 17.6 Å². The average Bonchev–Trinajstić information content (AvgIpc) is 3.17. The quantitative estimate of drug-likeness (QED) is 0.459. The van der Waals surface area contributed by atoms with Crippen LogP contribution in [0.3, 0.4) is 0 Å². The predicted molar refractivity (Wildman–Crippen MR) is 136 cm³/mol. The molecule has 2 aromatic carbocycles. The summed E-state index contributed by atoms with van der Waals surface area (Å²) in [6.07, 6.45) is 1.75. The highest BCUT2D eigenvalue weighted by Crippen LogP contribution is 2.31. The number of carbonyl (C=O) groups is 1. The Hall–Kier alpha value is -4.16. The van der Waals surface area contributed by atoms with Crippen molar-refractivity contribution >= 4 is 23.4 Å². The monoisotopic (exact) mass is 503 g/mol. The number of aryl methyl sites for hydroxylation is 1. The van der Waals surface area contributed by atoms with E-state index in [0.717, 1.165) is 16.7 Å². The maximum atomic E-state index is 13.7. The minimum atomic E-state index is -0.653. The van der Waals surface area contributed by atoms with Crippen molar-refractivity contribution in [1.82, 2.24) is 4.57 Å². The Morgan fingerprint density at radius 3 is 2.61 bits per heavy atom. The van der Waals surface area contributed by atoms with Crippen LogP contribution in [0, 0.1) is 18.3 Å². The number of rotatable bonds is 7. The number of benzene rings is 2. The Kier molecular flexibility index (Phi) is 7.36. The van der Waals surface area contributed by atoms with Gasteiger partial charge in [-0.3, -0.25) is 9.36 Å². The molecule has 2 heterocycles. The molecule has 0 unspecified atom stereocenters. The Labute approximate surface area is 212 Å². The van der Waals surface area contributed by atoms with E-state index in [9.17, 15) is 9.59 Å². The molecule has 0 bridgehead atoms. The van der Waals surface area contributed by atoms with E-state index in [-0.39, 0.29) is 18.8 Å². The van der Waals surface area contributed by atoms with E-state index >= 15 is 0 Å². The van der Waals surface area contributed by atoms with Gasteiger partial charge < -0.3 is 14.2 Å². The molecule has 0 N–H and O–H groups in total. The van der Waals surface area contributed by atoms with Crippen LogP contribution in [0.4, 0.5) is 0 Å². The van der Waals surface area contributed by atoms with Gasteiger partial charge in [0.15, 0.2) is 22.9 Å². The van der Waals surface area contributed by atoms with Crippen molar-refractivity contribution in [2.24, 2.45) is 4.99 Å². The molecule has 0 amide bonds. The van der Waals surface area contributed by atoms with Gasteiger partial charge in [0, 0.05) is 0 Å². The molecule has 0 saturated heterocycles. The second-order valence-corrected chi connectivity index (χ2v) is 9.08. The van der Waals surface area contributed by atoms with Crippen LogP contribution in [-0.4, -0.2) is 30.9 Å². The largest absolute Gasteiger partial charge is 0.493 e. The van der Waals surface area contributed by atoms with Gasteiger partial charge in [-0.2, -0.15) is 5.26 Å². The number of methoxy groups -OCH3 is 1. The van der Waals surface area contributed by atoms with Gasteiger partial charge in [-0.05, 0) is 50.1 Å². The molecule has 0 aliphatic carbocycles. The maximum absolute atomic E-state index is 13.7. The summed E-state index contributed by atoms with van der Waals surface area (Å²) in [6.45, 7) is 5.60. The summed E-state index contributed by atoms with van der Waals surface area (Å²) < 4.78 is 18.1. The van der Waals surface area contributed by atoms with Gasteiger partial charge in [0.25, 0.3) is 5.56 Å².